The molecule has 5 nitrogen and oxygen atoms in total. The van der Waals surface area contributed by atoms with Crippen LogP contribution in [-0.4, -0.2) is 24.3 Å². The Morgan fingerprint density at radius 1 is 1.03 bits per heavy atom. The third-order valence-corrected chi connectivity index (χ3v) is 8.48. The molecule has 1 aliphatic rings. The summed E-state index contributed by atoms with van der Waals surface area (Å²) in [6, 6.07) is 18.2. The zero-order valence-electron chi connectivity index (χ0n) is 22.8. The second-order valence-electron chi connectivity index (χ2n) is 11.2. The van der Waals surface area contributed by atoms with Gasteiger partial charge in [-0.25, -0.2) is 14.5 Å². The van der Waals surface area contributed by atoms with E-state index in [1.807, 2.05) is 45.0 Å². The Balaban J connectivity index is 0.000000241. The molecule has 0 amide bonds. The van der Waals surface area contributed by atoms with E-state index >= 15 is 0 Å². The molecular formula is C31H38N4OS. The van der Waals surface area contributed by atoms with Crippen molar-refractivity contribution >= 4 is 23.8 Å². The lowest BCUT2D eigenvalue weighted by Gasteiger charge is -2.39. The molecule has 0 saturated heterocycles. The zero-order valence-corrected chi connectivity index (χ0v) is 23.7. The van der Waals surface area contributed by atoms with Gasteiger partial charge in [-0.1, -0.05) is 88.7 Å². The first-order chi connectivity index (χ1) is 17.4. The van der Waals surface area contributed by atoms with Crippen molar-refractivity contribution in [3.05, 3.63) is 94.0 Å². The monoisotopic (exact) mass is 514 g/mol. The molecule has 1 N–H and O–H groups in total. The fraction of sp³-hybridized carbons (Fsp3) is 0.387. The molecule has 1 fully saturated rings. The first-order valence-electron chi connectivity index (χ1n) is 12.9. The standard InChI is InChI=1S/C20H24N4OS.C11H14/c1-12-8-7-9-14(10-12)17-21-15-11-16(25)23-24(15)18(22-17)13(2)19(3,4)20(5,6)26;1-9-5-2-3-8-11(9)10-6-4-7-10/h7-11,26H,2H2,1,3-6H3,(H,23,25);2-3,5,8,10H,4,6-7H2,1H3. The minimum Gasteiger partial charge on any atom is -0.268 e. The molecule has 2 aromatic heterocycles. The molecule has 2 heterocycles. The summed E-state index contributed by atoms with van der Waals surface area (Å²) in [7, 11) is 0. The van der Waals surface area contributed by atoms with E-state index in [0.717, 1.165) is 22.6 Å². The van der Waals surface area contributed by atoms with Crippen LogP contribution in [0.1, 0.15) is 75.4 Å². The van der Waals surface area contributed by atoms with E-state index in [-0.39, 0.29) is 15.7 Å². The zero-order chi connectivity index (χ0) is 27.0. The Labute approximate surface area is 225 Å². The highest BCUT2D eigenvalue weighted by atomic mass is 32.1. The molecule has 0 aliphatic heterocycles. The molecule has 5 rings (SSSR count). The number of hydrogen-bond donors (Lipinski definition) is 2. The molecule has 0 spiro atoms. The van der Waals surface area contributed by atoms with Crippen LogP contribution in [0.5, 0.6) is 0 Å². The highest BCUT2D eigenvalue weighted by molar-refractivity contribution is 7.81. The van der Waals surface area contributed by atoms with Gasteiger partial charge in [-0.05, 0) is 55.4 Å². The van der Waals surface area contributed by atoms with E-state index in [4.69, 9.17) is 17.6 Å². The number of rotatable bonds is 5. The number of allylic oxidation sites excluding steroid dienone is 1. The van der Waals surface area contributed by atoms with Gasteiger partial charge in [0.15, 0.2) is 17.3 Å². The number of benzene rings is 2. The lowest BCUT2D eigenvalue weighted by Crippen LogP contribution is -2.35. The van der Waals surface area contributed by atoms with E-state index in [0.29, 0.717) is 17.3 Å². The largest absolute Gasteiger partial charge is 0.268 e. The molecule has 0 bridgehead atoms. The van der Waals surface area contributed by atoms with Crippen molar-refractivity contribution in [3.8, 4) is 11.4 Å². The number of aryl methyl sites for hydroxylation is 2. The van der Waals surface area contributed by atoms with Crippen molar-refractivity contribution in [2.24, 2.45) is 5.41 Å². The summed E-state index contributed by atoms with van der Waals surface area (Å²) in [6.45, 7) is 16.8. The van der Waals surface area contributed by atoms with Crippen LogP contribution in [0, 0.1) is 19.3 Å². The molecule has 4 aromatic rings. The first kappa shape index (κ1) is 26.9. The van der Waals surface area contributed by atoms with E-state index in [2.05, 4.69) is 61.7 Å². The molecule has 1 saturated carbocycles. The minimum absolute atomic E-state index is 0.224. The number of aromatic nitrogens is 4. The lowest BCUT2D eigenvalue weighted by atomic mass is 9.74. The number of fused-ring (bicyclic) bond motifs is 1. The summed E-state index contributed by atoms with van der Waals surface area (Å²) in [5, 5.41) is 2.77. The molecule has 0 unspecified atom stereocenters. The first-order valence-corrected chi connectivity index (χ1v) is 13.4. The normalized spacial score (nSPS) is 14.1. The van der Waals surface area contributed by atoms with Gasteiger partial charge in [0.05, 0.1) is 0 Å². The maximum absolute atomic E-state index is 11.9. The Morgan fingerprint density at radius 3 is 2.32 bits per heavy atom. The molecule has 0 atom stereocenters. The van der Waals surface area contributed by atoms with Crippen LogP contribution in [0.25, 0.3) is 22.6 Å². The number of nitrogens with one attached hydrogen (secondary N) is 1. The van der Waals surface area contributed by atoms with Crippen LogP contribution in [-0.2, 0) is 0 Å². The van der Waals surface area contributed by atoms with Crippen molar-refractivity contribution in [1.82, 2.24) is 19.6 Å². The number of thiol groups is 1. The van der Waals surface area contributed by atoms with Crippen LogP contribution in [0.2, 0.25) is 0 Å². The average molecular weight is 515 g/mol. The lowest BCUT2D eigenvalue weighted by molar-refractivity contribution is 0.389. The summed E-state index contributed by atoms with van der Waals surface area (Å²) in [6.07, 6.45) is 4.24. The van der Waals surface area contributed by atoms with E-state index in [1.165, 1.54) is 30.9 Å². The summed E-state index contributed by atoms with van der Waals surface area (Å²) in [5.74, 6) is 2.04. The topological polar surface area (TPSA) is 63.0 Å². The Bertz CT molecular complexity index is 1490. The maximum atomic E-state index is 11.9. The summed E-state index contributed by atoms with van der Waals surface area (Å²) in [5.41, 5.74) is 5.78. The van der Waals surface area contributed by atoms with Crippen LogP contribution in [0.3, 0.4) is 0 Å². The molecule has 37 heavy (non-hydrogen) atoms. The average Bonchev–Trinajstić information content (AvgIpc) is 3.18. The number of H-pyrrole nitrogens is 1. The van der Waals surface area contributed by atoms with Gasteiger partial charge >= 0.3 is 0 Å². The van der Waals surface area contributed by atoms with Crippen LogP contribution < -0.4 is 5.56 Å². The number of nitrogens with zero attached hydrogens (tertiary/aromatic N) is 3. The van der Waals surface area contributed by atoms with Crippen LogP contribution in [0.4, 0.5) is 0 Å². The Morgan fingerprint density at radius 2 is 1.73 bits per heavy atom. The van der Waals surface area contributed by atoms with Crippen molar-refractivity contribution in [2.45, 2.75) is 71.5 Å². The molecule has 0 radical (unpaired) electrons. The predicted molar refractivity (Wildman–Crippen MR) is 157 cm³/mol. The van der Waals surface area contributed by atoms with Crippen molar-refractivity contribution in [1.29, 1.82) is 0 Å². The highest BCUT2D eigenvalue weighted by Crippen LogP contribution is 2.45. The van der Waals surface area contributed by atoms with E-state index in [1.54, 1.807) is 10.1 Å². The van der Waals surface area contributed by atoms with Crippen molar-refractivity contribution in [2.75, 3.05) is 0 Å². The van der Waals surface area contributed by atoms with Gasteiger partial charge in [0.1, 0.15) is 0 Å². The van der Waals surface area contributed by atoms with Crippen molar-refractivity contribution in [3.63, 3.8) is 0 Å². The highest BCUT2D eigenvalue weighted by Gasteiger charge is 2.38. The van der Waals surface area contributed by atoms with Gasteiger partial charge < -0.3 is 0 Å². The quantitative estimate of drug-likeness (QED) is 0.273. The summed E-state index contributed by atoms with van der Waals surface area (Å²) < 4.78 is 1.27. The van der Waals surface area contributed by atoms with E-state index in [9.17, 15) is 4.79 Å². The molecule has 6 heteroatoms. The predicted octanol–water partition coefficient (Wildman–Crippen LogP) is 7.40. The fourth-order valence-corrected chi connectivity index (χ4v) is 4.57. The summed E-state index contributed by atoms with van der Waals surface area (Å²) in [4.78, 5) is 21.2. The maximum Gasteiger partial charge on any atom is 0.266 e. The molecule has 1 aliphatic carbocycles. The van der Waals surface area contributed by atoms with Gasteiger partial charge in [0.25, 0.3) is 5.56 Å². The summed E-state index contributed by atoms with van der Waals surface area (Å²) >= 11 is 4.75. The molecule has 2 aromatic carbocycles. The van der Waals surface area contributed by atoms with Gasteiger partial charge in [-0.3, -0.25) is 9.89 Å². The van der Waals surface area contributed by atoms with Crippen LogP contribution >= 0.6 is 12.6 Å². The van der Waals surface area contributed by atoms with Crippen LogP contribution in [0.15, 0.2) is 66.0 Å². The third kappa shape index (κ3) is 5.59. The molecular weight excluding hydrogens is 476 g/mol. The Kier molecular flexibility index (Phi) is 7.52. The van der Waals surface area contributed by atoms with Gasteiger partial charge in [-0.15, -0.1) is 0 Å². The van der Waals surface area contributed by atoms with E-state index < -0.39 is 0 Å². The Hall–Kier alpha value is -3.12. The van der Waals surface area contributed by atoms with Gasteiger partial charge in [0, 0.05) is 21.8 Å². The number of aromatic amines is 1. The SMILES string of the molecule is C=C(c1nc(-c2cccc(C)c2)nc2cc(=O)[nH]n12)C(C)(C)C(C)(C)S.Cc1ccccc1C1CCC1. The second-order valence-corrected chi connectivity index (χ2v) is 12.3. The third-order valence-electron chi connectivity index (χ3n) is 7.92. The second kappa shape index (κ2) is 10.3. The fourth-order valence-electron chi connectivity index (χ4n) is 4.44. The number of hydrogen-bond acceptors (Lipinski definition) is 4. The minimum atomic E-state index is -0.373. The smallest absolute Gasteiger partial charge is 0.266 e. The van der Waals surface area contributed by atoms with Gasteiger partial charge in [0.2, 0.25) is 0 Å². The van der Waals surface area contributed by atoms with Gasteiger partial charge in [-0.2, -0.15) is 12.6 Å². The molecule has 194 valence electrons. The van der Waals surface area contributed by atoms with Crippen molar-refractivity contribution < 1.29 is 0 Å².